The minimum Gasteiger partial charge on any atom is -0.448 e. The molecule has 0 aliphatic heterocycles. The number of nitrogens with zero attached hydrogens (tertiary/aromatic N) is 1. The number of para-hydroxylation sites is 1. The molecule has 1 aliphatic carbocycles. The summed E-state index contributed by atoms with van der Waals surface area (Å²) in [5.41, 5.74) is 0.244. The lowest BCUT2D eigenvalue weighted by atomic mass is 10.1. The van der Waals surface area contributed by atoms with E-state index in [1.54, 1.807) is 19.9 Å². The molecule has 1 fully saturated rings. The Hall–Kier alpha value is -2.05. The lowest BCUT2D eigenvalue weighted by molar-refractivity contribution is -0.145. The van der Waals surface area contributed by atoms with Gasteiger partial charge in [0.25, 0.3) is 5.91 Å². The summed E-state index contributed by atoms with van der Waals surface area (Å²) in [6.45, 7) is 1.81. The summed E-state index contributed by atoms with van der Waals surface area (Å²) in [7, 11) is 0. The van der Waals surface area contributed by atoms with Crippen molar-refractivity contribution in [3.05, 3.63) is 35.3 Å². The lowest BCUT2D eigenvalue weighted by Gasteiger charge is -2.29. The Morgan fingerprint density at radius 1 is 1.38 bits per heavy atom. The van der Waals surface area contributed by atoms with Gasteiger partial charge in [0.2, 0.25) is 0 Å². The molecule has 3 nitrogen and oxygen atoms in total. The lowest BCUT2D eigenvalue weighted by Crippen LogP contribution is -2.45. The zero-order valence-corrected chi connectivity index (χ0v) is 13.3. The van der Waals surface area contributed by atoms with Crippen molar-refractivity contribution in [1.82, 2.24) is 4.90 Å². The SMILES string of the molecule is Cc1c(C(=O)N(CC(F)(F)F)[C@H](C)C2CC2)oc2c(F)cccc12. The fourth-order valence-electron chi connectivity index (χ4n) is 2.97. The van der Waals surface area contributed by atoms with Crippen LogP contribution in [-0.4, -0.2) is 29.6 Å². The van der Waals surface area contributed by atoms with Crippen LogP contribution in [0.3, 0.4) is 0 Å². The van der Waals surface area contributed by atoms with Gasteiger partial charge in [-0.1, -0.05) is 12.1 Å². The van der Waals surface area contributed by atoms with E-state index >= 15 is 0 Å². The van der Waals surface area contributed by atoms with Crippen LogP contribution < -0.4 is 0 Å². The molecule has 1 atom stereocenters. The third-order valence-electron chi connectivity index (χ3n) is 4.52. The Morgan fingerprint density at radius 2 is 2.04 bits per heavy atom. The molecule has 24 heavy (non-hydrogen) atoms. The van der Waals surface area contributed by atoms with Crippen LogP contribution in [0, 0.1) is 18.7 Å². The molecule has 2 aromatic rings. The molecule has 3 rings (SSSR count). The third kappa shape index (κ3) is 3.12. The van der Waals surface area contributed by atoms with Crippen LogP contribution >= 0.6 is 0 Å². The maximum Gasteiger partial charge on any atom is 0.406 e. The zero-order chi connectivity index (χ0) is 17.6. The van der Waals surface area contributed by atoms with E-state index in [0.717, 1.165) is 17.7 Å². The first-order valence-electron chi connectivity index (χ1n) is 7.74. The molecule has 1 amide bonds. The van der Waals surface area contributed by atoms with Gasteiger partial charge in [0.15, 0.2) is 17.2 Å². The normalized spacial score (nSPS) is 16.4. The molecule has 0 N–H and O–H groups in total. The highest BCUT2D eigenvalue weighted by Crippen LogP contribution is 2.37. The molecule has 0 spiro atoms. The summed E-state index contributed by atoms with van der Waals surface area (Å²) < 4.78 is 57.8. The Balaban J connectivity index is 2.00. The van der Waals surface area contributed by atoms with E-state index in [-0.39, 0.29) is 17.3 Å². The van der Waals surface area contributed by atoms with E-state index < -0.39 is 30.5 Å². The second-order valence-corrected chi connectivity index (χ2v) is 6.30. The zero-order valence-electron chi connectivity index (χ0n) is 13.3. The van der Waals surface area contributed by atoms with E-state index in [0.29, 0.717) is 10.9 Å². The first-order chi connectivity index (χ1) is 11.2. The van der Waals surface area contributed by atoms with E-state index in [1.165, 1.54) is 12.1 Å². The number of hydrogen-bond acceptors (Lipinski definition) is 2. The molecule has 1 heterocycles. The summed E-state index contributed by atoms with van der Waals surface area (Å²) in [6, 6.07) is 3.68. The number of alkyl halides is 3. The molecule has 130 valence electrons. The fourth-order valence-corrected chi connectivity index (χ4v) is 2.97. The molecule has 0 bridgehead atoms. The predicted molar refractivity (Wildman–Crippen MR) is 80.2 cm³/mol. The number of fused-ring (bicyclic) bond motifs is 1. The Labute approximate surface area is 136 Å². The van der Waals surface area contributed by atoms with Gasteiger partial charge in [-0.3, -0.25) is 4.79 Å². The summed E-state index contributed by atoms with van der Waals surface area (Å²) in [5.74, 6) is -1.66. The van der Waals surface area contributed by atoms with Gasteiger partial charge in [0.1, 0.15) is 6.54 Å². The Morgan fingerprint density at radius 3 is 2.58 bits per heavy atom. The van der Waals surface area contributed by atoms with Crippen molar-refractivity contribution < 1.29 is 26.8 Å². The van der Waals surface area contributed by atoms with Crippen LogP contribution in [0.4, 0.5) is 17.6 Å². The number of furan rings is 1. The number of halogens is 4. The highest BCUT2D eigenvalue weighted by atomic mass is 19.4. The molecule has 0 unspecified atom stereocenters. The van der Waals surface area contributed by atoms with Gasteiger partial charge in [-0.25, -0.2) is 4.39 Å². The van der Waals surface area contributed by atoms with Gasteiger partial charge in [0, 0.05) is 17.0 Å². The summed E-state index contributed by atoms with van der Waals surface area (Å²) in [4.78, 5) is 13.5. The molecule has 1 aliphatic rings. The number of hydrogen-bond donors (Lipinski definition) is 0. The highest BCUT2D eigenvalue weighted by molar-refractivity contribution is 5.99. The third-order valence-corrected chi connectivity index (χ3v) is 4.52. The standard InChI is InChI=1S/C17H17F4NO2/c1-9-12-4-3-5-13(18)15(12)24-14(9)16(23)22(8-17(19,20)21)10(2)11-6-7-11/h3-5,10-11H,6-8H2,1-2H3/t10-/m1/s1. The van der Waals surface area contributed by atoms with Crippen molar-refractivity contribution in [2.45, 2.75) is 38.9 Å². The van der Waals surface area contributed by atoms with Gasteiger partial charge in [0.05, 0.1) is 0 Å². The maximum atomic E-state index is 13.8. The van der Waals surface area contributed by atoms with Gasteiger partial charge < -0.3 is 9.32 Å². The second-order valence-electron chi connectivity index (χ2n) is 6.30. The number of carbonyl (C=O) groups is 1. The van der Waals surface area contributed by atoms with Crippen molar-refractivity contribution >= 4 is 16.9 Å². The number of rotatable bonds is 4. The number of aryl methyl sites for hydroxylation is 1. The molecule has 1 aromatic heterocycles. The Bertz CT molecular complexity index is 777. The topological polar surface area (TPSA) is 33.5 Å². The van der Waals surface area contributed by atoms with Crippen molar-refractivity contribution in [2.24, 2.45) is 5.92 Å². The van der Waals surface area contributed by atoms with Crippen molar-refractivity contribution in [1.29, 1.82) is 0 Å². The van der Waals surface area contributed by atoms with Gasteiger partial charge >= 0.3 is 6.18 Å². The average molecular weight is 343 g/mol. The predicted octanol–water partition coefficient (Wildman–Crippen LogP) is 4.68. The molecular weight excluding hydrogens is 326 g/mol. The minimum atomic E-state index is -4.51. The molecule has 0 saturated heterocycles. The van der Waals surface area contributed by atoms with Crippen LogP contribution in [0.15, 0.2) is 22.6 Å². The van der Waals surface area contributed by atoms with Crippen molar-refractivity contribution in [3.8, 4) is 0 Å². The number of benzene rings is 1. The number of carbonyl (C=O) groups excluding carboxylic acids is 1. The van der Waals surface area contributed by atoms with Crippen LogP contribution in [0.25, 0.3) is 11.0 Å². The van der Waals surface area contributed by atoms with E-state index in [2.05, 4.69) is 0 Å². The van der Waals surface area contributed by atoms with Gasteiger partial charge in [-0.2, -0.15) is 13.2 Å². The van der Waals surface area contributed by atoms with Crippen LogP contribution in [-0.2, 0) is 0 Å². The fraction of sp³-hybridized carbons (Fsp3) is 0.471. The average Bonchev–Trinajstić information content (AvgIpc) is 3.28. The number of amides is 1. The van der Waals surface area contributed by atoms with Crippen LogP contribution in [0.2, 0.25) is 0 Å². The minimum absolute atomic E-state index is 0.0673. The molecule has 0 radical (unpaired) electrons. The maximum absolute atomic E-state index is 13.8. The van der Waals surface area contributed by atoms with E-state index in [1.807, 2.05) is 0 Å². The quantitative estimate of drug-likeness (QED) is 0.755. The first-order valence-corrected chi connectivity index (χ1v) is 7.74. The summed E-state index contributed by atoms with van der Waals surface area (Å²) >= 11 is 0. The first kappa shape index (κ1) is 16.8. The molecular formula is C17H17F4NO2. The van der Waals surface area contributed by atoms with Crippen LogP contribution in [0.5, 0.6) is 0 Å². The second kappa shape index (κ2) is 5.79. The Kier molecular flexibility index (Phi) is 4.05. The highest BCUT2D eigenvalue weighted by Gasteiger charge is 2.42. The monoisotopic (exact) mass is 343 g/mol. The van der Waals surface area contributed by atoms with Crippen molar-refractivity contribution in [3.63, 3.8) is 0 Å². The molecule has 1 saturated carbocycles. The van der Waals surface area contributed by atoms with E-state index in [4.69, 9.17) is 4.42 Å². The molecule has 7 heteroatoms. The van der Waals surface area contributed by atoms with Gasteiger partial charge in [-0.05, 0) is 38.7 Å². The summed E-state index contributed by atoms with van der Waals surface area (Å²) in [6.07, 6.45) is -2.91. The van der Waals surface area contributed by atoms with E-state index in [9.17, 15) is 22.4 Å². The smallest absolute Gasteiger partial charge is 0.406 e. The van der Waals surface area contributed by atoms with Crippen LogP contribution in [0.1, 0.15) is 35.9 Å². The molecule has 1 aromatic carbocycles. The summed E-state index contributed by atoms with van der Waals surface area (Å²) in [5, 5.41) is 0.393. The van der Waals surface area contributed by atoms with Gasteiger partial charge in [-0.15, -0.1) is 0 Å². The van der Waals surface area contributed by atoms with Crippen molar-refractivity contribution in [2.75, 3.05) is 6.54 Å². The largest absolute Gasteiger partial charge is 0.448 e.